The summed E-state index contributed by atoms with van der Waals surface area (Å²) >= 11 is 1.27. The number of ether oxygens (including phenoxy) is 1. The van der Waals surface area contributed by atoms with E-state index in [9.17, 15) is 15.0 Å². The van der Waals surface area contributed by atoms with Gasteiger partial charge >= 0.3 is 6.09 Å². The average Bonchev–Trinajstić information content (AvgIpc) is 3.07. The molecule has 1 amide bonds. The smallest absolute Gasteiger partial charge is 0.407 e. The number of amides is 1. The van der Waals surface area contributed by atoms with Crippen LogP contribution in [0.15, 0.2) is 41.9 Å². The van der Waals surface area contributed by atoms with E-state index in [4.69, 9.17) is 4.74 Å². The highest BCUT2D eigenvalue weighted by molar-refractivity contribution is 7.09. The van der Waals surface area contributed by atoms with Crippen molar-refractivity contribution in [1.82, 2.24) is 10.3 Å². The summed E-state index contributed by atoms with van der Waals surface area (Å²) in [5, 5.41) is 24.4. The van der Waals surface area contributed by atoms with Crippen molar-refractivity contribution in [2.45, 2.75) is 25.2 Å². The number of alkyl carbamates (subject to hydrolysis) is 1. The molecule has 0 aliphatic carbocycles. The van der Waals surface area contributed by atoms with Crippen LogP contribution < -0.4 is 5.32 Å². The second kappa shape index (κ2) is 8.47. The molecule has 2 aromatic rings. The van der Waals surface area contributed by atoms with Crippen LogP contribution in [0.5, 0.6) is 0 Å². The number of rotatable bonds is 7. The van der Waals surface area contributed by atoms with Gasteiger partial charge in [-0.1, -0.05) is 30.3 Å². The van der Waals surface area contributed by atoms with Crippen LogP contribution in [0.3, 0.4) is 0 Å². The predicted octanol–water partition coefficient (Wildman–Crippen LogP) is 1.85. The first-order chi connectivity index (χ1) is 10.7. The van der Waals surface area contributed by atoms with Gasteiger partial charge in [0.1, 0.15) is 17.7 Å². The summed E-state index contributed by atoms with van der Waals surface area (Å²) in [5.41, 5.74) is 0.900. The Hall–Kier alpha value is -1.96. The van der Waals surface area contributed by atoms with Gasteiger partial charge in [-0.05, 0) is 12.0 Å². The van der Waals surface area contributed by atoms with Crippen molar-refractivity contribution in [2.24, 2.45) is 0 Å². The van der Waals surface area contributed by atoms with Gasteiger partial charge in [0.25, 0.3) is 0 Å². The van der Waals surface area contributed by atoms with Crippen molar-refractivity contribution in [3.8, 4) is 0 Å². The molecule has 6 nitrogen and oxygen atoms in total. The van der Waals surface area contributed by atoms with Gasteiger partial charge in [-0.15, -0.1) is 11.3 Å². The molecule has 22 heavy (non-hydrogen) atoms. The fourth-order valence-corrected chi connectivity index (χ4v) is 2.48. The van der Waals surface area contributed by atoms with Gasteiger partial charge < -0.3 is 20.3 Å². The molecule has 3 N–H and O–H groups in total. The zero-order valence-electron chi connectivity index (χ0n) is 11.9. The molecule has 1 aromatic heterocycles. The summed E-state index contributed by atoms with van der Waals surface area (Å²) in [4.78, 5) is 15.4. The molecular weight excluding hydrogens is 304 g/mol. The summed E-state index contributed by atoms with van der Waals surface area (Å²) in [6.45, 7) is 0.397. The summed E-state index contributed by atoms with van der Waals surface area (Å²) in [7, 11) is 0. The van der Waals surface area contributed by atoms with Crippen molar-refractivity contribution in [3.05, 3.63) is 52.5 Å². The van der Waals surface area contributed by atoms with Gasteiger partial charge in [0.05, 0.1) is 6.10 Å². The number of aliphatic hydroxyl groups is 2. The molecule has 2 unspecified atom stereocenters. The maximum atomic E-state index is 11.5. The van der Waals surface area contributed by atoms with E-state index in [-0.39, 0.29) is 19.6 Å². The number of benzene rings is 1. The molecule has 0 saturated carbocycles. The standard InChI is InChI=1S/C15H18N2O4S/c18-12(13(19)14-16-8-9-22-14)6-7-17-15(20)21-10-11-4-2-1-3-5-11/h1-5,8-9,12-13,18-19H,6-7,10H2,(H,17,20). The lowest BCUT2D eigenvalue weighted by atomic mass is 10.1. The molecule has 0 aliphatic rings. The summed E-state index contributed by atoms with van der Waals surface area (Å²) in [5.74, 6) is 0. The highest BCUT2D eigenvalue weighted by Crippen LogP contribution is 2.20. The highest BCUT2D eigenvalue weighted by Gasteiger charge is 2.20. The first kappa shape index (κ1) is 16.4. The Kier molecular flexibility index (Phi) is 6.32. The van der Waals surface area contributed by atoms with E-state index < -0.39 is 18.3 Å². The van der Waals surface area contributed by atoms with Crippen LogP contribution in [0.2, 0.25) is 0 Å². The zero-order valence-corrected chi connectivity index (χ0v) is 12.7. The van der Waals surface area contributed by atoms with Gasteiger partial charge in [-0.2, -0.15) is 0 Å². The lowest BCUT2D eigenvalue weighted by Gasteiger charge is -2.15. The number of carbonyl (C=O) groups excluding carboxylic acids is 1. The molecule has 7 heteroatoms. The number of aromatic nitrogens is 1. The normalized spacial score (nSPS) is 13.4. The Labute approximate surface area is 132 Å². The number of thiazole rings is 1. The molecule has 1 heterocycles. The van der Waals surface area contributed by atoms with Crippen molar-refractivity contribution in [1.29, 1.82) is 0 Å². The Balaban J connectivity index is 1.64. The number of nitrogens with one attached hydrogen (secondary N) is 1. The molecule has 0 aliphatic heterocycles. The summed E-state index contributed by atoms with van der Waals surface area (Å²) < 4.78 is 5.04. The SMILES string of the molecule is O=C(NCCC(O)C(O)c1nccs1)OCc1ccccc1. The largest absolute Gasteiger partial charge is 0.445 e. The lowest BCUT2D eigenvalue weighted by Crippen LogP contribution is -2.29. The first-order valence-corrected chi connectivity index (χ1v) is 7.75. The minimum absolute atomic E-state index is 0.191. The van der Waals surface area contributed by atoms with E-state index in [1.54, 1.807) is 11.6 Å². The van der Waals surface area contributed by atoms with Gasteiger partial charge in [0, 0.05) is 18.1 Å². The Morgan fingerprint density at radius 3 is 2.77 bits per heavy atom. The van der Waals surface area contributed by atoms with Crippen LogP contribution in [0, 0.1) is 0 Å². The molecular formula is C15H18N2O4S. The molecule has 0 bridgehead atoms. The van der Waals surface area contributed by atoms with Crippen molar-refractivity contribution in [3.63, 3.8) is 0 Å². The minimum atomic E-state index is -1.04. The maximum absolute atomic E-state index is 11.5. The molecule has 0 radical (unpaired) electrons. The van der Waals surface area contributed by atoms with Crippen LogP contribution in [0.4, 0.5) is 4.79 Å². The Morgan fingerprint density at radius 1 is 1.32 bits per heavy atom. The van der Waals surface area contributed by atoms with Crippen molar-refractivity contribution in [2.75, 3.05) is 6.54 Å². The zero-order chi connectivity index (χ0) is 15.8. The number of carbonyl (C=O) groups is 1. The van der Waals surface area contributed by atoms with Crippen molar-refractivity contribution >= 4 is 17.4 Å². The van der Waals surface area contributed by atoms with E-state index >= 15 is 0 Å². The van der Waals surface area contributed by atoms with Crippen molar-refractivity contribution < 1.29 is 19.7 Å². The second-order valence-electron chi connectivity index (χ2n) is 4.66. The summed E-state index contributed by atoms with van der Waals surface area (Å²) in [6.07, 6.45) is -0.807. The van der Waals surface area contributed by atoms with E-state index in [0.29, 0.717) is 5.01 Å². The number of aliphatic hydroxyl groups excluding tert-OH is 2. The minimum Gasteiger partial charge on any atom is -0.445 e. The fourth-order valence-electron chi connectivity index (χ4n) is 1.80. The maximum Gasteiger partial charge on any atom is 0.407 e. The van der Waals surface area contributed by atoms with Crippen LogP contribution in [-0.4, -0.2) is 33.9 Å². The molecule has 2 atom stereocenters. The number of hydrogen-bond acceptors (Lipinski definition) is 6. The lowest BCUT2D eigenvalue weighted by molar-refractivity contribution is 0.0135. The van der Waals surface area contributed by atoms with E-state index in [2.05, 4.69) is 10.3 Å². The Bertz CT molecular complexity index is 562. The third kappa shape index (κ3) is 5.10. The topological polar surface area (TPSA) is 91.7 Å². The molecule has 0 fully saturated rings. The first-order valence-electron chi connectivity index (χ1n) is 6.87. The van der Waals surface area contributed by atoms with Crippen LogP contribution in [0.25, 0.3) is 0 Å². The van der Waals surface area contributed by atoms with E-state index in [1.165, 1.54) is 11.3 Å². The van der Waals surface area contributed by atoms with Crippen LogP contribution in [0.1, 0.15) is 23.1 Å². The second-order valence-corrected chi connectivity index (χ2v) is 5.59. The molecule has 2 rings (SSSR count). The number of nitrogens with zero attached hydrogens (tertiary/aromatic N) is 1. The third-order valence-corrected chi connectivity index (χ3v) is 3.84. The van der Waals surface area contributed by atoms with Gasteiger partial charge in [-0.3, -0.25) is 0 Å². The van der Waals surface area contributed by atoms with Gasteiger partial charge in [-0.25, -0.2) is 9.78 Å². The monoisotopic (exact) mass is 322 g/mol. The molecule has 118 valence electrons. The summed E-state index contributed by atoms with van der Waals surface area (Å²) in [6, 6.07) is 9.35. The molecule has 0 spiro atoms. The Morgan fingerprint density at radius 2 is 2.09 bits per heavy atom. The quantitative estimate of drug-likeness (QED) is 0.723. The highest BCUT2D eigenvalue weighted by atomic mass is 32.1. The van der Waals surface area contributed by atoms with Gasteiger partial charge in [0.2, 0.25) is 0 Å². The van der Waals surface area contributed by atoms with Gasteiger partial charge in [0.15, 0.2) is 0 Å². The van der Waals surface area contributed by atoms with E-state index in [1.807, 2.05) is 30.3 Å². The van der Waals surface area contributed by atoms with Crippen LogP contribution in [-0.2, 0) is 11.3 Å². The number of hydrogen-bond donors (Lipinski definition) is 3. The van der Waals surface area contributed by atoms with Crippen LogP contribution >= 0.6 is 11.3 Å². The predicted molar refractivity (Wildman–Crippen MR) is 82.3 cm³/mol. The van der Waals surface area contributed by atoms with E-state index in [0.717, 1.165) is 5.56 Å². The molecule has 1 aromatic carbocycles. The fraction of sp³-hybridized carbons (Fsp3) is 0.333. The molecule has 0 saturated heterocycles. The third-order valence-electron chi connectivity index (χ3n) is 2.99. The average molecular weight is 322 g/mol.